The van der Waals surface area contributed by atoms with Gasteiger partial charge in [-0.1, -0.05) is 30.3 Å². The van der Waals surface area contributed by atoms with Gasteiger partial charge in [0.2, 0.25) is 0 Å². The minimum atomic E-state index is -0.792. The number of nitrogens with zero attached hydrogens (tertiary/aromatic N) is 1. The lowest BCUT2D eigenvalue weighted by Gasteiger charge is -2.27. The van der Waals surface area contributed by atoms with Crippen LogP contribution in [-0.2, 0) is 24.4 Å². The van der Waals surface area contributed by atoms with Crippen molar-refractivity contribution in [2.45, 2.75) is 19.6 Å². The van der Waals surface area contributed by atoms with Gasteiger partial charge in [0.25, 0.3) is 0 Å². The lowest BCUT2D eigenvalue weighted by atomic mass is 9.99. The van der Waals surface area contributed by atoms with E-state index in [0.717, 1.165) is 29.8 Å². The Hall–Kier alpha value is -2.86. The number of nitrogen functional groups attached to an aromatic ring is 1. The summed E-state index contributed by atoms with van der Waals surface area (Å²) in [6, 6.07) is 13.4. The molecule has 1 heterocycles. The van der Waals surface area contributed by atoms with Gasteiger partial charge in [0.15, 0.2) is 0 Å². The van der Waals surface area contributed by atoms with Crippen molar-refractivity contribution in [3.63, 3.8) is 0 Å². The first-order valence-corrected chi connectivity index (χ1v) is 8.13. The minimum Gasteiger partial charge on any atom is -0.489 e. The second-order valence-electron chi connectivity index (χ2n) is 6.18. The Morgan fingerprint density at radius 2 is 1.96 bits per heavy atom. The molecule has 2 aromatic carbocycles. The second kappa shape index (κ2) is 7.36. The molecule has 0 bridgehead atoms. The molecule has 0 radical (unpaired) electrons. The molecule has 0 unspecified atom stereocenters. The van der Waals surface area contributed by atoms with Gasteiger partial charge in [0, 0.05) is 18.7 Å². The van der Waals surface area contributed by atoms with Crippen LogP contribution < -0.4 is 10.5 Å². The summed E-state index contributed by atoms with van der Waals surface area (Å²) in [4.78, 5) is 12.8. The molecule has 0 fully saturated rings. The molecule has 0 spiro atoms. The predicted octanol–water partition coefficient (Wildman–Crippen LogP) is 1.99. The number of hydrogen-bond acceptors (Lipinski definition) is 4. The molecule has 0 amide bonds. The van der Waals surface area contributed by atoms with E-state index in [2.05, 4.69) is 0 Å². The molecule has 3 rings (SSSR count). The normalized spacial score (nSPS) is 13.9. The van der Waals surface area contributed by atoms with Crippen LogP contribution in [0.25, 0.3) is 0 Å². The lowest BCUT2D eigenvalue weighted by Crippen LogP contribution is -2.34. The molecule has 6 nitrogen and oxygen atoms in total. The average molecular weight is 339 g/mol. The van der Waals surface area contributed by atoms with Gasteiger partial charge >= 0.3 is 5.97 Å². The Morgan fingerprint density at radius 1 is 1.20 bits per heavy atom. The van der Waals surface area contributed by atoms with Gasteiger partial charge in [-0.05, 0) is 35.2 Å². The summed E-state index contributed by atoms with van der Waals surface area (Å²) in [7, 11) is 0. The van der Waals surface area contributed by atoms with Gasteiger partial charge in [-0.3, -0.25) is 15.1 Å². The van der Waals surface area contributed by atoms with Crippen molar-refractivity contribution in [1.82, 2.24) is 4.90 Å². The summed E-state index contributed by atoms with van der Waals surface area (Å²) in [5.74, 6) is 0.0689. The predicted molar refractivity (Wildman–Crippen MR) is 94.8 cm³/mol. The summed E-state index contributed by atoms with van der Waals surface area (Å²) < 4.78 is 5.86. The number of rotatable bonds is 6. The number of amidine groups is 1. The van der Waals surface area contributed by atoms with Crippen LogP contribution in [0.15, 0.2) is 42.5 Å². The molecular weight excluding hydrogens is 318 g/mol. The Morgan fingerprint density at radius 3 is 2.64 bits per heavy atom. The van der Waals surface area contributed by atoms with E-state index in [0.29, 0.717) is 18.7 Å². The maximum absolute atomic E-state index is 10.8. The Bertz CT molecular complexity index is 787. The number of carbonyl (C=O) groups is 1. The Labute approximate surface area is 146 Å². The van der Waals surface area contributed by atoms with Crippen molar-refractivity contribution >= 4 is 11.8 Å². The van der Waals surface area contributed by atoms with E-state index in [1.807, 2.05) is 47.4 Å². The molecule has 0 atom stereocenters. The first-order valence-electron chi connectivity index (χ1n) is 8.13. The summed E-state index contributed by atoms with van der Waals surface area (Å²) >= 11 is 0. The number of nitrogens with one attached hydrogen (secondary N) is 1. The van der Waals surface area contributed by atoms with Crippen molar-refractivity contribution in [3.05, 3.63) is 64.7 Å². The molecule has 0 aromatic heterocycles. The van der Waals surface area contributed by atoms with E-state index < -0.39 is 5.97 Å². The molecular formula is C19H21N3O3. The fourth-order valence-electron chi connectivity index (χ4n) is 2.95. The highest BCUT2D eigenvalue weighted by atomic mass is 16.5. The second-order valence-corrected chi connectivity index (χ2v) is 6.18. The average Bonchev–Trinajstić information content (AvgIpc) is 2.59. The van der Waals surface area contributed by atoms with Crippen molar-refractivity contribution in [2.24, 2.45) is 5.73 Å². The number of aliphatic carboxylic acids is 1. The number of benzene rings is 2. The maximum atomic E-state index is 10.8. The third-order valence-electron chi connectivity index (χ3n) is 4.30. The van der Waals surface area contributed by atoms with Crippen LogP contribution in [0.3, 0.4) is 0 Å². The van der Waals surface area contributed by atoms with E-state index in [1.54, 1.807) is 0 Å². The van der Waals surface area contributed by atoms with Crippen LogP contribution in [0.1, 0.15) is 22.3 Å². The van der Waals surface area contributed by atoms with Crippen LogP contribution in [0.2, 0.25) is 0 Å². The molecule has 1 aliphatic heterocycles. The van der Waals surface area contributed by atoms with Gasteiger partial charge in [0.05, 0.1) is 6.54 Å². The van der Waals surface area contributed by atoms with Gasteiger partial charge in [0.1, 0.15) is 18.2 Å². The number of ether oxygens (including phenoxy) is 1. The highest BCUT2D eigenvalue weighted by Crippen LogP contribution is 2.24. The van der Waals surface area contributed by atoms with Gasteiger partial charge < -0.3 is 15.6 Å². The Balaban J connectivity index is 1.61. The smallest absolute Gasteiger partial charge is 0.317 e. The zero-order valence-electron chi connectivity index (χ0n) is 13.9. The van der Waals surface area contributed by atoms with Crippen LogP contribution >= 0.6 is 0 Å². The molecule has 2 aromatic rings. The Kier molecular flexibility index (Phi) is 5.00. The highest BCUT2D eigenvalue weighted by molar-refractivity contribution is 5.94. The molecule has 6 heteroatoms. The van der Waals surface area contributed by atoms with Crippen LogP contribution in [0.5, 0.6) is 5.75 Å². The first-order chi connectivity index (χ1) is 12.0. The molecule has 130 valence electrons. The standard InChI is InChI=1S/C19H21N3O3/c20-19(21)14-3-1-13(2-4-14)12-25-17-6-5-16-10-22(11-18(23)24)8-7-15(16)9-17/h1-6,9H,7-8,10-12H2,(H3,20,21)(H,23,24). The summed E-state index contributed by atoms with van der Waals surface area (Å²) in [6.45, 7) is 1.93. The maximum Gasteiger partial charge on any atom is 0.317 e. The van der Waals surface area contributed by atoms with Gasteiger partial charge in [-0.15, -0.1) is 0 Å². The van der Waals surface area contributed by atoms with Crippen LogP contribution in [0, 0.1) is 5.41 Å². The van der Waals surface area contributed by atoms with Crippen LogP contribution in [0.4, 0.5) is 0 Å². The van der Waals surface area contributed by atoms with Crippen molar-refractivity contribution in [3.8, 4) is 5.75 Å². The topological polar surface area (TPSA) is 99.6 Å². The third kappa shape index (κ3) is 4.36. The van der Waals surface area contributed by atoms with E-state index >= 15 is 0 Å². The lowest BCUT2D eigenvalue weighted by molar-refractivity contribution is -0.138. The van der Waals surface area contributed by atoms with Crippen molar-refractivity contribution < 1.29 is 14.6 Å². The third-order valence-corrected chi connectivity index (χ3v) is 4.30. The molecule has 1 aliphatic rings. The highest BCUT2D eigenvalue weighted by Gasteiger charge is 2.18. The largest absolute Gasteiger partial charge is 0.489 e. The monoisotopic (exact) mass is 339 g/mol. The number of carboxylic acids is 1. The molecule has 0 saturated carbocycles. The van der Waals surface area contributed by atoms with Gasteiger partial charge in [-0.2, -0.15) is 0 Å². The SMILES string of the molecule is N=C(N)c1ccc(COc2ccc3c(c2)CCN(CC(=O)O)C3)cc1. The zero-order chi connectivity index (χ0) is 17.8. The van der Waals surface area contributed by atoms with E-state index in [-0.39, 0.29) is 12.4 Å². The molecule has 25 heavy (non-hydrogen) atoms. The quantitative estimate of drug-likeness (QED) is 0.552. The fourth-order valence-corrected chi connectivity index (χ4v) is 2.95. The molecule has 0 aliphatic carbocycles. The van der Waals surface area contributed by atoms with E-state index in [1.165, 1.54) is 5.56 Å². The van der Waals surface area contributed by atoms with Crippen molar-refractivity contribution in [2.75, 3.05) is 13.1 Å². The fraction of sp³-hybridized carbons (Fsp3) is 0.263. The van der Waals surface area contributed by atoms with Crippen LogP contribution in [-0.4, -0.2) is 34.9 Å². The first kappa shape index (κ1) is 17.0. The van der Waals surface area contributed by atoms with E-state index in [4.69, 9.17) is 21.0 Å². The number of hydrogen-bond donors (Lipinski definition) is 3. The van der Waals surface area contributed by atoms with Gasteiger partial charge in [-0.25, -0.2) is 0 Å². The number of fused-ring (bicyclic) bond motifs is 1. The minimum absolute atomic E-state index is 0.0547. The summed E-state index contributed by atoms with van der Waals surface area (Å²) in [5.41, 5.74) is 9.53. The molecule has 0 saturated heterocycles. The summed E-state index contributed by atoms with van der Waals surface area (Å²) in [6.07, 6.45) is 0.827. The number of carboxylic acid groups (broad SMARTS) is 1. The number of nitrogens with two attached hydrogens (primary N) is 1. The summed E-state index contributed by atoms with van der Waals surface area (Å²) in [5, 5.41) is 16.3. The van der Waals surface area contributed by atoms with Crippen molar-refractivity contribution in [1.29, 1.82) is 5.41 Å². The van der Waals surface area contributed by atoms with E-state index in [9.17, 15) is 4.79 Å². The zero-order valence-corrected chi connectivity index (χ0v) is 13.9. The molecule has 4 N–H and O–H groups in total.